The van der Waals surface area contributed by atoms with Crippen LogP contribution in [0.3, 0.4) is 0 Å². The number of nitrogens with zero attached hydrogens (tertiary/aromatic N) is 1. The molecule has 0 spiro atoms. The first-order chi connectivity index (χ1) is 8.75. The van der Waals surface area contributed by atoms with Crippen molar-refractivity contribution in [1.82, 2.24) is 10.2 Å². The van der Waals surface area contributed by atoms with E-state index >= 15 is 0 Å². The topological polar surface area (TPSA) is 41.6 Å². The lowest BCUT2D eigenvalue weighted by atomic mass is 10.1. The summed E-state index contributed by atoms with van der Waals surface area (Å²) in [5.74, 6) is 0.528. The van der Waals surface area contributed by atoms with Gasteiger partial charge >= 0.3 is 0 Å². The highest BCUT2D eigenvalue weighted by molar-refractivity contribution is 8.23. The summed E-state index contributed by atoms with van der Waals surface area (Å²) < 4.78 is 6.13. The van der Waals surface area contributed by atoms with E-state index in [2.05, 4.69) is 10.2 Å². The number of rotatable bonds is 3. The van der Waals surface area contributed by atoms with Crippen LogP contribution in [-0.2, 0) is 9.53 Å². The van der Waals surface area contributed by atoms with Crippen LogP contribution in [0, 0.1) is 0 Å². The SMILES string of the molecule is O=C(CSC(=S)N1CCCC1)NC1CCOCC1. The maximum atomic E-state index is 11.8. The van der Waals surface area contributed by atoms with Crippen molar-refractivity contribution in [2.75, 3.05) is 32.1 Å². The molecule has 0 radical (unpaired) electrons. The van der Waals surface area contributed by atoms with Gasteiger partial charge in [-0.25, -0.2) is 0 Å². The van der Waals surface area contributed by atoms with Gasteiger partial charge in [0.2, 0.25) is 5.91 Å². The standard InChI is InChI=1S/C12H20N2O2S2/c15-11(13-10-3-7-16-8-4-10)9-18-12(17)14-5-1-2-6-14/h10H,1-9H2,(H,13,15). The number of likely N-dealkylation sites (tertiary alicyclic amines) is 1. The molecule has 4 nitrogen and oxygen atoms in total. The molecule has 2 aliphatic heterocycles. The van der Waals surface area contributed by atoms with E-state index in [1.165, 1.54) is 24.6 Å². The molecule has 2 saturated heterocycles. The number of thiocarbonyl (C=S) groups is 1. The van der Waals surface area contributed by atoms with E-state index in [1.807, 2.05) is 0 Å². The third-order valence-corrected chi connectivity index (χ3v) is 4.80. The Kier molecular flexibility index (Phi) is 5.72. The molecule has 2 heterocycles. The average Bonchev–Trinajstić information content (AvgIpc) is 2.91. The highest BCUT2D eigenvalue weighted by Crippen LogP contribution is 2.16. The monoisotopic (exact) mass is 288 g/mol. The third kappa shape index (κ3) is 4.40. The maximum Gasteiger partial charge on any atom is 0.230 e. The number of nitrogens with one attached hydrogen (secondary N) is 1. The molecule has 1 amide bonds. The van der Waals surface area contributed by atoms with Gasteiger partial charge in [0.1, 0.15) is 4.32 Å². The first-order valence-electron chi connectivity index (χ1n) is 6.54. The zero-order valence-corrected chi connectivity index (χ0v) is 12.2. The molecule has 102 valence electrons. The number of ether oxygens (including phenoxy) is 1. The van der Waals surface area contributed by atoms with Crippen LogP contribution in [-0.4, -0.2) is 53.2 Å². The molecule has 2 fully saturated rings. The average molecular weight is 288 g/mol. The van der Waals surface area contributed by atoms with Crippen LogP contribution in [0.5, 0.6) is 0 Å². The van der Waals surface area contributed by atoms with Crippen molar-refractivity contribution in [2.45, 2.75) is 31.7 Å². The fourth-order valence-electron chi connectivity index (χ4n) is 2.23. The number of carbonyl (C=O) groups is 1. The van der Waals surface area contributed by atoms with Crippen LogP contribution >= 0.6 is 24.0 Å². The molecule has 0 aromatic carbocycles. The lowest BCUT2D eigenvalue weighted by Crippen LogP contribution is -2.40. The lowest BCUT2D eigenvalue weighted by Gasteiger charge is -2.23. The van der Waals surface area contributed by atoms with E-state index in [9.17, 15) is 4.79 Å². The Morgan fingerprint density at radius 1 is 1.33 bits per heavy atom. The summed E-state index contributed by atoms with van der Waals surface area (Å²) in [4.78, 5) is 14.0. The molecule has 18 heavy (non-hydrogen) atoms. The minimum atomic E-state index is 0.0912. The first-order valence-corrected chi connectivity index (χ1v) is 7.94. The quantitative estimate of drug-likeness (QED) is 0.795. The van der Waals surface area contributed by atoms with Crippen molar-refractivity contribution in [1.29, 1.82) is 0 Å². The van der Waals surface area contributed by atoms with Crippen LogP contribution in [0.1, 0.15) is 25.7 Å². The van der Waals surface area contributed by atoms with E-state index in [1.54, 1.807) is 0 Å². The summed E-state index contributed by atoms with van der Waals surface area (Å²) in [6.07, 6.45) is 4.28. The van der Waals surface area contributed by atoms with Crippen LogP contribution < -0.4 is 5.32 Å². The van der Waals surface area contributed by atoms with Gasteiger partial charge in [-0.15, -0.1) is 0 Å². The summed E-state index contributed by atoms with van der Waals surface area (Å²) in [5.41, 5.74) is 0. The van der Waals surface area contributed by atoms with Crippen molar-refractivity contribution in [3.8, 4) is 0 Å². The second-order valence-corrected chi connectivity index (χ2v) is 6.31. The predicted molar refractivity (Wildman–Crippen MR) is 77.8 cm³/mol. The van der Waals surface area contributed by atoms with Crippen molar-refractivity contribution in [2.24, 2.45) is 0 Å². The van der Waals surface area contributed by atoms with Gasteiger partial charge in [-0.1, -0.05) is 24.0 Å². The fourth-order valence-corrected chi connectivity index (χ4v) is 3.29. The highest BCUT2D eigenvalue weighted by atomic mass is 32.2. The van der Waals surface area contributed by atoms with Gasteiger partial charge in [-0.05, 0) is 25.7 Å². The molecule has 0 atom stereocenters. The molecular weight excluding hydrogens is 268 g/mol. The molecular formula is C12H20N2O2S2. The minimum absolute atomic E-state index is 0.0912. The summed E-state index contributed by atoms with van der Waals surface area (Å²) in [7, 11) is 0. The Morgan fingerprint density at radius 3 is 2.67 bits per heavy atom. The highest BCUT2D eigenvalue weighted by Gasteiger charge is 2.18. The van der Waals surface area contributed by atoms with Gasteiger partial charge in [0.05, 0.1) is 5.75 Å². The second kappa shape index (κ2) is 7.31. The normalized spacial score (nSPS) is 21.0. The van der Waals surface area contributed by atoms with Gasteiger partial charge < -0.3 is 15.0 Å². The first kappa shape index (κ1) is 14.1. The molecule has 1 N–H and O–H groups in total. The maximum absolute atomic E-state index is 11.8. The third-order valence-electron chi connectivity index (χ3n) is 3.28. The van der Waals surface area contributed by atoms with Crippen molar-refractivity contribution in [3.05, 3.63) is 0 Å². The molecule has 0 aliphatic carbocycles. The van der Waals surface area contributed by atoms with Crippen molar-refractivity contribution < 1.29 is 9.53 Å². The van der Waals surface area contributed by atoms with Gasteiger partial charge in [0, 0.05) is 32.3 Å². The van der Waals surface area contributed by atoms with E-state index in [0.717, 1.165) is 43.5 Å². The predicted octanol–water partition coefficient (Wildman–Crippen LogP) is 1.40. The largest absolute Gasteiger partial charge is 0.381 e. The Balaban J connectivity index is 1.63. The van der Waals surface area contributed by atoms with Crippen LogP contribution in [0.25, 0.3) is 0 Å². The summed E-state index contributed by atoms with van der Waals surface area (Å²) >= 11 is 6.81. The summed E-state index contributed by atoms with van der Waals surface area (Å²) in [6.45, 7) is 3.61. The molecule has 0 saturated carbocycles. The number of hydrogen-bond acceptors (Lipinski definition) is 4. The van der Waals surface area contributed by atoms with Crippen LogP contribution in [0.2, 0.25) is 0 Å². The number of carbonyl (C=O) groups excluding carboxylic acids is 1. The summed E-state index contributed by atoms with van der Waals surface area (Å²) in [6, 6.07) is 0.284. The van der Waals surface area contributed by atoms with E-state index in [4.69, 9.17) is 17.0 Å². The molecule has 0 unspecified atom stereocenters. The Labute approximate surface area is 118 Å². The Morgan fingerprint density at radius 2 is 2.00 bits per heavy atom. The fraction of sp³-hybridized carbons (Fsp3) is 0.833. The van der Waals surface area contributed by atoms with Gasteiger partial charge in [0.25, 0.3) is 0 Å². The molecule has 6 heteroatoms. The van der Waals surface area contributed by atoms with E-state index in [0.29, 0.717) is 5.75 Å². The van der Waals surface area contributed by atoms with E-state index < -0.39 is 0 Å². The Hall–Kier alpha value is -0.330. The van der Waals surface area contributed by atoms with Gasteiger partial charge in [-0.3, -0.25) is 4.79 Å². The molecule has 0 bridgehead atoms. The van der Waals surface area contributed by atoms with E-state index in [-0.39, 0.29) is 11.9 Å². The smallest absolute Gasteiger partial charge is 0.230 e. The van der Waals surface area contributed by atoms with Crippen LogP contribution in [0.15, 0.2) is 0 Å². The van der Waals surface area contributed by atoms with Crippen LogP contribution in [0.4, 0.5) is 0 Å². The van der Waals surface area contributed by atoms with Crippen molar-refractivity contribution >= 4 is 34.2 Å². The van der Waals surface area contributed by atoms with Crippen molar-refractivity contribution in [3.63, 3.8) is 0 Å². The zero-order valence-electron chi connectivity index (χ0n) is 10.5. The number of amides is 1. The molecule has 0 aromatic heterocycles. The lowest BCUT2D eigenvalue weighted by molar-refractivity contribution is -0.119. The molecule has 2 aliphatic rings. The molecule has 0 aromatic rings. The number of thioether (sulfide) groups is 1. The minimum Gasteiger partial charge on any atom is -0.381 e. The summed E-state index contributed by atoms with van der Waals surface area (Å²) in [5, 5.41) is 3.05. The van der Waals surface area contributed by atoms with Gasteiger partial charge in [0.15, 0.2) is 0 Å². The van der Waals surface area contributed by atoms with Gasteiger partial charge in [-0.2, -0.15) is 0 Å². The number of hydrogen-bond donors (Lipinski definition) is 1. The Bertz CT molecular complexity index is 300. The zero-order chi connectivity index (χ0) is 12.8. The molecule has 2 rings (SSSR count). The second-order valence-electron chi connectivity index (χ2n) is 4.70.